The van der Waals surface area contributed by atoms with Crippen molar-refractivity contribution in [2.45, 2.75) is 6.92 Å². The van der Waals surface area contributed by atoms with Gasteiger partial charge in [0.05, 0.1) is 5.56 Å². The van der Waals surface area contributed by atoms with Gasteiger partial charge in [-0.3, -0.25) is 0 Å². The number of rotatable bonds is 2. The second-order valence-electron chi connectivity index (χ2n) is 3.57. The van der Waals surface area contributed by atoms with Crippen molar-refractivity contribution in [3.8, 4) is 17.7 Å². The van der Waals surface area contributed by atoms with Gasteiger partial charge in [0, 0.05) is 23.5 Å². The van der Waals surface area contributed by atoms with Crippen molar-refractivity contribution in [2.75, 3.05) is 5.73 Å². The molecule has 2 rings (SSSR count). The second-order valence-corrected chi connectivity index (χ2v) is 3.57. The summed E-state index contributed by atoms with van der Waals surface area (Å²) in [5, 5.41) is 8.65. The first-order chi connectivity index (χ1) is 8.20. The van der Waals surface area contributed by atoms with Crippen LogP contribution >= 0.6 is 0 Å². The Hall–Kier alpha value is -2.54. The molecule has 0 aliphatic carbocycles. The van der Waals surface area contributed by atoms with E-state index < -0.39 is 0 Å². The number of hydrogen-bond donors (Lipinski definition) is 1. The highest BCUT2D eigenvalue weighted by molar-refractivity contribution is 5.53. The van der Waals surface area contributed by atoms with E-state index in [1.807, 2.05) is 31.2 Å². The zero-order chi connectivity index (χ0) is 12.3. The van der Waals surface area contributed by atoms with Crippen LogP contribution in [0.15, 0.2) is 36.5 Å². The minimum absolute atomic E-state index is 0.442. The summed E-state index contributed by atoms with van der Waals surface area (Å²) in [4.78, 5) is 4.03. The zero-order valence-corrected chi connectivity index (χ0v) is 9.34. The van der Waals surface area contributed by atoms with Crippen LogP contribution in [0.5, 0.6) is 11.6 Å². The van der Waals surface area contributed by atoms with Crippen LogP contribution in [0, 0.1) is 18.3 Å². The predicted octanol–water partition coefficient (Wildman–Crippen LogP) is 2.64. The highest BCUT2D eigenvalue weighted by atomic mass is 16.5. The average Bonchev–Trinajstić information content (AvgIpc) is 2.36. The molecule has 2 aromatic rings. The molecule has 0 fully saturated rings. The SMILES string of the molecule is Cc1c(N)cccc1Oc1ccc(C#N)cn1. The van der Waals surface area contributed by atoms with Crippen molar-refractivity contribution >= 4 is 5.69 Å². The van der Waals surface area contributed by atoms with Gasteiger partial charge in [0.25, 0.3) is 0 Å². The van der Waals surface area contributed by atoms with Crippen LogP contribution in [0.4, 0.5) is 5.69 Å². The van der Waals surface area contributed by atoms with Gasteiger partial charge in [0.15, 0.2) is 0 Å². The number of aromatic nitrogens is 1. The highest BCUT2D eigenvalue weighted by Gasteiger charge is 2.04. The molecule has 1 aromatic carbocycles. The third kappa shape index (κ3) is 2.34. The Morgan fingerprint density at radius 2 is 2.12 bits per heavy atom. The van der Waals surface area contributed by atoms with Gasteiger partial charge in [-0.1, -0.05) is 6.07 Å². The van der Waals surface area contributed by atoms with Crippen molar-refractivity contribution in [3.63, 3.8) is 0 Å². The monoisotopic (exact) mass is 225 g/mol. The molecular formula is C13H11N3O. The van der Waals surface area contributed by atoms with Crippen LogP contribution in [0.2, 0.25) is 0 Å². The molecule has 1 aromatic heterocycles. The Morgan fingerprint density at radius 1 is 1.29 bits per heavy atom. The molecule has 0 radical (unpaired) electrons. The number of anilines is 1. The Morgan fingerprint density at radius 3 is 2.76 bits per heavy atom. The Balaban J connectivity index is 2.26. The first-order valence-corrected chi connectivity index (χ1v) is 5.10. The summed E-state index contributed by atoms with van der Waals surface area (Å²) in [5.41, 5.74) is 7.83. The number of nitrogen functional groups attached to an aromatic ring is 1. The normalized spacial score (nSPS) is 9.65. The molecule has 0 spiro atoms. The predicted molar refractivity (Wildman–Crippen MR) is 64.6 cm³/mol. The summed E-state index contributed by atoms with van der Waals surface area (Å²) >= 11 is 0. The molecule has 4 nitrogen and oxygen atoms in total. The highest BCUT2D eigenvalue weighted by Crippen LogP contribution is 2.26. The van der Waals surface area contributed by atoms with Crippen molar-refractivity contribution in [3.05, 3.63) is 47.7 Å². The molecule has 4 heteroatoms. The Kier molecular flexibility index (Phi) is 2.93. The molecule has 0 saturated carbocycles. The quantitative estimate of drug-likeness (QED) is 0.797. The van der Waals surface area contributed by atoms with Crippen molar-refractivity contribution < 1.29 is 4.74 Å². The van der Waals surface area contributed by atoms with Gasteiger partial charge in [-0.05, 0) is 25.1 Å². The van der Waals surface area contributed by atoms with Gasteiger partial charge < -0.3 is 10.5 Å². The van der Waals surface area contributed by atoms with Crippen LogP contribution in [-0.4, -0.2) is 4.98 Å². The standard InChI is InChI=1S/C13H11N3O/c1-9-11(15)3-2-4-12(9)17-13-6-5-10(7-14)8-16-13/h2-6,8H,15H2,1H3. The summed E-state index contributed by atoms with van der Waals surface area (Å²) in [5.74, 6) is 1.11. The van der Waals surface area contributed by atoms with Crippen LogP contribution in [-0.2, 0) is 0 Å². The van der Waals surface area contributed by atoms with E-state index in [1.54, 1.807) is 12.1 Å². The molecule has 0 saturated heterocycles. The maximum absolute atomic E-state index is 8.65. The molecule has 0 unspecified atom stereocenters. The van der Waals surface area contributed by atoms with E-state index in [-0.39, 0.29) is 0 Å². The van der Waals surface area contributed by atoms with Crippen LogP contribution in [0.1, 0.15) is 11.1 Å². The fraction of sp³-hybridized carbons (Fsp3) is 0.0769. The fourth-order valence-electron chi connectivity index (χ4n) is 1.36. The van der Waals surface area contributed by atoms with Gasteiger partial charge in [-0.2, -0.15) is 5.26 Å². The molecule has 0 bridgehead atoms. The third-order valence-electron chi connectivity index (χ3n) is 2.41. The molecular weight excluding hydrogens is 214 g/mol. The summed E-state index contributed by atoms with van der Waals surface area (Å²) in [6, 6.07) is 10.8. The minimum Gasteiger partial charge on any atom is -0.439 e. The summed E-state index contributed by atoms with van der Waals surface area (Å²) in [6.07, 6.45) is 1.47. The Labute approximate surface area is 99.3 Å². The molecule has 2 N–H and O–H groups in total. The van der Waals surface area contributed by atoms with Crippen LogP contribution < -0.4 is 10.5 Å². The lowest BCUT2D eigenvalue weighted by atomic mass is 10.2. The first-order valence-electron chi connectivity index (χ1n) is 5.10. The molecule has 84 valence electrons. The molecule has 17 heavy (non-hydrogen) atoms. The van der Waals surface area contributed by atoms with Gasteiger partial charge in [-0.25, -0.2) is 4.98 Å². The van der Waals surface area contributed by atoms with E-state index in [2.05, 4.69) is 4.98 Å². The van der Waals surface area contributed by atoms with E-state index >= 15 is 0 Å². The largest absolute Gasteiger partial charge is 0.439 e. The van der Waals surface area contributed by atoms with Gasteiger partial charge in [-0.15, -0.1) is 0 Å². The Bertz CT molecular complexity index is 570. The van der Waals surface area contributed by atoms with Gasteiger partial charge in [0.1, 0.15) is 11.8 Å². The summed E-state index contributed by atoms with van der Waals surface area (Å²) in [7, 11) is 0. The number of nitriles is 1. The third-order valence-corrected chi connectivity index (χ3v) is 2.41. The number of nitrogens with two attached hydrogens (primary N) is 1. The van der Waals surface area contributed by atoms with Crippen molar-refractivity contribution in [1.29, 1.82) is 5.26 Å². The van der Waals surface area contributed by atoms with E-state index in [0.717, 1.165) is 5.56 Å². The van der Waals surface area contributed by atoms with Crippen LogP contribution in [0.25, 0.3) is 0 Å². The lowest BCUT2D eigenvalue weighted by molar-refractivity contribution is 0.460. The number of nitrogens with zero attached hydrogens (tertiary/aromatic N) is 2. The van der Waals surface area contributed by atoms with Gasteiger partial charge >= 0.3 is 0 Å². The molecule has 0 aliphatic rings. The van der Waals surface area contributed by atoms with E-state index in [1.165, 1.54) is 6.20 Å². The number of pyridine rings is 1. The minimum atomic E-state index is 0.442. The molecule has 1 heterocycles. The molecule has 0 amide bonds. The van der Waals surface area contributed by atoms with E-state index in [0.29, 0.717) is 22.9 Å². The first kappa shape index (κ1) is 11.0. The number of benzene rings is 1. The molecule has 0 aliphatic heterocycles. The maximum atomic E-state index is 8.65. The summed E-state index contributed by atoms with van der Waals surface area (Å²) in [6.45, 7) is 1.88. The number of ether oxygens (including phenoxy) is 1. The van der Waals surface area contributed by atoms with Crippen molar-refractivity contribution in [1.82, 2.24) is 4.98 Å². The lowest BCUT2D eigenvalue weighted by Gasteiger charge is -2.09. The van der Waals surface area contributed by atoms with E-state index in [4.69, 9.17) is 15.7 Å². The van der Waals surface area contributed by atoms with Crippen LogP contribution in [0.3, 0.4) is 0 Å². The zero-order valence-electron chi connectivity index (χ0n) is 9.34. The summed E-state index contributed by atoms with van der Waals surface area (Å²) < 4.78 is 5.59. The topological polar surface area (TPSA) is 71.9 Å². The van der Waals surface area contributed by atoms with E-state index in [9.17, 15) is 0 Å². The fourth-order valence-corrected chi connectivity index (χ4v) is 1.36. The number of hydrogen-bond acceptors (Lipinski definition) is 4. The second kappa shape index (κ2) is 4.54. The lowest BCUT2D eigenvalue weighted by Crippen LogP contribution is -1.94. The van der Waals surface area contributed by atoms with Gasteiger partial charge in [0.2, 0.25) is 5.88 Å². The average molecular weight is 225 g/mol. The smallest absolute Gasteiger partial charge is 0.219 e. The molecule has 0 atom stereocenters. The maximum Gasteiger partial charge on any atom is 0.219 e. The van der Waals surface area contributed by atoms with Crippen molar-refractivity contribution in [2.24, 2.45) is 0 Å².